The quantitative estimate of drug-likeness (QED) is 0.785. The van der Waals surface area contributed by atoms with E-state index in [1.807, 2.05) is 26.8 Å². The molecule has 1 unspecified atom stereocenters. The van der Waals surface area contributed by atoms with Crippen LogP contribution in [0.1, 0.15) is 19.4 Å². The van der Waals surface area contributed by atoms with Gasteiger partial charge >= 0.3 is 0 Å². The molecule has 1 aromatic heterocycles. The Kier molecular flexibility index (Phi) is 3.80. The molecule has 0 aliphatic rings. The van der Waals surface area contributed by atoms with Crippen LogP contribution in [0.25, 0.3) is 0 Å². The number of anilines is 1. The highest BCUT2D eigenvalue weighted by Crippen LogP contribution is 2.06. The summed E-state index contributed by atoms with van der Waals surface area (Å²) >= 11 is 0. The molecule has 15 heavy (non-hydrogen) atoms. The zero-order valence-electron chi connectivity index (χ0n) is 9.32. The molecule has 0 aliphatic heterocycles. The zero-order chi connectivity index (χ0) is 11.4. The van der Waals surface area contributed by atoms with E-state index in [1.54, 1.807) is 12.3 Å². The molecule has 0 spiro atoms. The third-order valence-corrected chi connectivity index (χ3v) is 2.18. The first-order valence-corrected chi connectivity index (χ1v) is 5.00. The molecule has 0 radical (unpaired) electrons. The predicted molar refractivity (Wildman–Crippen MR) is 60.4 cm³/mol. The van der Waals surface area contributed by atoms with Gasteiger partial charge in [0.1, 0.15) is 5.82 Å². The minimum atomic E-state index is -0.492. The topological polar surface area (TPSA) is 68.0 Å². The van der Waals surface area contributed by atoms with Crippen LogP contribution in [0.3, 0.4) is 0 Å². The van der Waals surface area contributed by atoms with Gasteiger partial charge in [0.15, 0.2) is 0 Å². The molecule has 1 aromatic rings. The largest absolute Gasteiger partial charge is 0.320 e. The van der Waals surface area contributed by atoms with Gasteiger partial charge in [-0.15, -0.1) is 0 Å². The molecule has 4 heteroatoms. The summed E-state index contributed by atoms with van der Waals surface area (Å²) < 4.78 is 0. The molecular weight excluding hydrogens is 190 g/mol. The number of hydrogen-bond donors (Lipinski definition) is 2. The molecule has 0 aromatic carbocycles. The second-order valence-corrected chi connectivity index (χ2v) is 3.98. The van der Waals surface area contributed by atoms with Crippen molar-refractivity contribution in [3.05, 3.63) is 23.9 Å². The highest BCUT2D eigenvalue weighted by Gasteiger charge is 2.17. The van der Waals surface area contributed by atoms with E-state index >= 15 is 0 Å². The average molecular weight is 207 g/mol. The van der Waals surface area contributed by atoms with Crippen LogP contribution >= 0.6 is 0 Å². The van der Waals surface area contributed by atoms with E-state index in [4.69, 9.17) is 5.73 Å². The van der Waals surface area contributed by atoms with Crippen molar-refractivity contribution in [2.45, 2.75) is 26.8 Å². The van der Waals surface area contributed by atoms with E-state index in [-0.39, 0.29) is 11.8 Å². The number of aromatic nitrogens is 1. The summed E-state index contributed by atoms with van der Waals surface area (Å²) in [5.74, 6) is 0.471. The number of pyridine rings is 1. The molecule has 0 fully saturated rings. The molecule has 3 N–H and O–H groups in total. The van der Waals surface area contributed by atoms with E-state index in [9.17, 15) is 4.79 Å². The van der Waals surface area contributed by atoms with Crippen molar-refractivity contribution in [1.82, 2.24) is 4.98 Å². The van der Waals surface area contributed by atoms with Crippen LogP contribution < -0.4 is 11.1 Å². The van der Waals surface area contributed by atoms with Gasteiger partial charge in [0.05, 0.1) is 6.04 Å². The van der Waals surface area contributed by atoms with Gasteiger partial charge in [-0.25, -0.2) is 4.98 Å². The Morgan fingerprint density at radius 2 is 2.13 bits per heavy atom. The monoisotopic (exact) mass is 207 g/mol. The summed E-state index contributed by atoms with van der Waals surface area (Å²) in [6.07, 6.45) is 1.70. The number of aryl methyl sites for hydroxylation is 1. The smallest absolute Gasteiger partial charge is 0.242 e. The second-order valence-electron chi connectivity index (χ2n) is 3.98. The van der Waals surface area contributed by atoms with E-state index in [0.717, 1.165) is 5.56 Å². The van der Waals surface area contributed by atoms with Crippen molar-refractivity contribution < 1.29 is 4.79 Å². The number of nitrogens with two attached hydrogens (primary N) is 1. The number of rotatable bonds is 3. The first-order valence-electron chi connectivity index (χ1n) is 5.00. The van der Waals surface area contributed by atoms with E-state index in [0.29, 0.717) is 5.82 Å². The Bertz CT molecular complexity index is 332. The van der Waals surface area contributed by atoms with Crippen molar-refractivity contribution >= 4 is 11.7 Å². The normalized spacial score (nSPS) is 12.6. The molecule has 82 valence electrons. The van der Waals surface area contributed by atoms with Crippen LogP contribution in [0.15, 0.2) is 18.3 Å². The minimum Gasteiger partial charge on any atom is -0.320 e. The summed E-state index contributed by atoms with van der Waals surface area (Å²) in [4.78, 5) is 15.6. The lowest BCUT2D eigenvalue weighted by Gasteiger charge is -2.14. The standard InChI is InChI=1S/C11H17N3O/c1-7(2)10(12)11(15)14-9-5-4-8(3)6-13-9/h4-7,10H,12H2,1-3H3,(H,13,14,15). The highest BCUT2D eigenvalue weighted by molar-refractivity contribution is 5.93. The fraction of sp³-hybridized carbons (Fsp3) is 0.455. The van der Waals surface area contributed by atoms with Gasteiger partial charge in [-0.05, 0) is 24.5 Å². The van der Waals surface area contributed by atoms with Crippen LogP contribution in [0.5, 0.6) is 0 Å². The maximum atomic E-state index is 11.6. The number of hydrogen-bond acceptors (Lipinski definition) is 3. The fourth-order valence-corrected chi connectivity index (χ4v) is 1.05. The van der Waals surface area contributed by atoms with Gasteiger partial charge in [-0.2, -0.15) is 0 Å². The maximum Gasteiger partial charge on any atom is 0.242 e. The number of amides is 1. The molecular formula is C11H17N3O. The van der Waals surface area contributed by atoms with Crippen molar-refractivity contribution in [1.29, 1.82) is 0 Å². The second kappa shape index (κ2) is 4.89. The van der Waals surface area contributed by atoms with E-state index in [1.165, 1.54) is 0 Å². The Hall–Kier alpha value is -1.42. The summed E-state index contributed by atoms with van der Waals surface area (Å²) in [7, 11) is 0. The first kappa shape index (κ1) is 11.7. The zero-order valence-corrected chi connectivity index (χ0v) is 9.32. The lowest BCUT2D eigenvalue weighted by Crippen LogP contribution is -2.39. The van der Waals surface area contributed by atoms with Crippen LogP contribution in [-0.4, -0.2) is 16.9 Å². The van der Waals surface area contributed by atoms with Crippen LogP contribution in [0.4, 0.5) is 5.82 Å². The third-order valence-electron chi connectivity index (χ3n) is 2.18. The lowest BCUT2D eigenvalue weighted by molar-refractivity contribution is -0.118. The summed E-state index contributed by atoms with van der Waals surface area (Å²) in [6.45, 7) is 5.76. The summed E-state index contributed by atoms with van der Waals surface area (Å²) in [5.41, 5.74) is 6.75. The number of carbonyl (C=O) groups excluding carboxylic acids is 1. The molecule has 0 saturated heterocycles. The van der Waals surface area contributed by atoms with Gasteiger partial charge in [0, 0.05) is 6.20 Å². The Labute approximate surface area is 89.9 Å². The van der Waals surface area contributed by atoms with Crippen LogP contribution in [0.2, 0.25) is 0 Å². The Morgan fingerprint density at radius 3 is 2.60 bits per heavy atom. The maximum absolute atomic E-state index is 11.6. The average Bonchev–Trinajstić information content (AvgIpc) is 2.20. The molecule has 0 bridgehead atoms. The number of nitrogens with zero attached hydrogens (tertiary/aromatic N) is 1. The lowest BCUT2D eigenvalue weighted by atomic mass is 10.1. The van der Waals surface area contributed by atoms with Gasteiger partial charge in [0.2, 0.25) is 5.91 Å². The van der Waals surface area contributed by atoms with Crippen molar-refractivity contribution in [3.8, 4) is 0 Å². The molecule has 1 heterocycles. The molecule has 1 rings (SSSR count). The molecule has 4 nitrogen and oxygen atoms in total. The highest BCUT2D eigenvalue weighted by atomic mass is 16.2. The van der Waals surface area contributed by atoms with Crippen molar-refractivity contribution in [3.63, 3.8) is 0 Å². The van der Waals surface area contributed by atoms with E-state index in [2.05, 4.69) is 10.3 Å². The molecule has 1 atom stereocenters. The van der Waals surface area contributed by atoms with Crippen molar-refractivity contribution in [2.24, 2.45) is 11.7 Å². The summed E-state index contributed by atoms with van der Waals surface area (Å²) in [6, 6.07) is 3.16. The van der Waals surface area contributed by atoms with Crippen LogP contribution in [0, 0.1) is 12.8 Å². The molecule has 0 saturated carbocycles. The van der Waals surface area contributed by atoms with E-state index < -0.39 is 6.04 Å². The van der Waals surface area contributed by atoms with Crippen molar-refractivity contribution in [2.75, 3.05) is 5.32 Å². The Morgan fingerprint density at radius 1 is 1.47 bits per heavy atom. The predicted octanol–water partition coefficient (Wildman–Crippen LogP) is 1.31. The van der Waals surface area contributed by atoms with Gasteiger partial charge in [0.25, 0.3) is 0 Å². The Balaban J connectivity index is 2.62. The summed E-state index contributed by atoms with van der Waals surface area (Å²) in [5, 5.41) is 2.68. The first-order chi connectivity index (χ1) is 7.00. The van der Waals surface area contributed by atoms with Gasteiger partial charge in [-0.1, -0.05) is 19.9 Å². The fourth-order valence-electron chi connectivity index (χ4n) is 1.05. The number of carbonyl (C=O) groups is 1. The van der Waals surface area contributed by atoms with Gasteiger partial charge < -0.3 is 11.1 Å². The van der Waals surface area contributed by atoms with Crippen LogP contribution in [-0.2, 0) is 4.79 Å². The SMILES string of the molecule is Cc1ccc(NC(=O)C(N)C(C)C)nc1. The number of nitrogens with one attached hydrogen (secondary N) is 1. The third kappa shape index (κ3) is 3.32. The molecule has 1 amide bonds. The molecule has 0 aliphatic carbocycles. The van der Waals surface area contributed by atoms with Gasteiger partial charge in [-0.3, -0.25) is 4.79 Å². The minimum absolute atomic E-state index is 0.121.